The van der Waals surface area contributed by atoms with Crippen LogP contribution < -0.4 is 11.1 Å². The van der Waals surface area contributed by atoms with Crippen molar-refractivity contribution in [2.45, 2.75) is 31.5 Å². The average Bonchev–Trinajstić information content (AvgIpc) is 2.43. The third-order valence-electron chi connectivity index (χ3n) is 2.55. The summed E-state index contributed by atoms with van der Waals surface area (Å²) >= 11 is 0. The molecule has 1 fully saturated rings. The van der Waals surface area contributed by atoms with Crippen LogP contribution in [0.2, 0.25) is 0 Å². The second-order valence-electron chi connectivity index (χ2n) is 3.66. The van der Waals surface area contributed by atoms with E-state index in [9.17, 15) is 0 Å². The van der Waals surface area contributed by atoms with Crippen molar-refractivity contribution in [2.24, 2.45) is 12.8 Å². The third-order valence-corrected chi connectivity index (χ3v) is 2.55. The average molecular weight is 181 g/mol. The van der Waals surface area contributed by atoms with Crippen molar-refractivity contribution < 1.29 is 0 Å². The highest BCUT2D eigenvalue weighted by Gasteiger charge is 2.25. The molecular weight excluding hydrogens is 166 g/mol. The molecule has 0 atom stereocenters. The summed E-state index contributed by atoms with van der Waals surface area (Å²) in [4.78, 5) is 0. The van der Waals surface area contributed by atoms with E-state index in [1.165, 1.54) is 0 Å². The van der Waals surface area contributed by atoms with Gasteiger partial charge in [-0.3, -0.25) is 4.68 Å². The highest BCUT2D eigenvalue weighted by molar-refractivity contribution is 4.95. The Morgan fingerprint density at radius 3 is 3.00 bits per heavy atom. The van der Waals surface area contributed by atoms with E-state index in [0.29, 0.717) is 12.1 Å². The first kappa shape index (κ1) is 8.65. The number of rotatable bonds is 3. The maximum Gasteiger partial charge on any atom is 0.0738 e. The van der Waals surface area contributed by atoms with Gasteiger partial charge >= 0.3 is 0 Å². The zero-order chi connectivity index (χ0) is 9.26. The topological polar surface area (TPSA) is 68.8 Å². The molecule has 0 aliphatic heterocycles. The molecule has 0 aromatic carbocycles. The lowest BCUT2D eigenvalue weighted by atomic mass is 9.88. The van der Waals surface area contributed by atoms with Crippen molar-refractivity contribution in [1.82, 2.24) is 20.3 Å². The lowest BCUT2D eigenvalue weighted by molar-refractivity contribution is 0.288. The normalized spacial score (nSPS) is 27.2. The Hall–Kier alpha value is -0.940. The first-order chi connectivity index (χ1) is 6.25. The Morgan fingerprint density at radius 2 is 2.46 bits per heavy atom. The molecule has 5 heteroatoms. The van der Waals surface area contributed by atoms with Crippen molar-refractivity contribution in [3.05, 3.63) is 11.9 Å². The molecule has 72 valence electrons. The van der Waals surface area contributed by atoms with Crippen molar-refractivity contribution in [3.63, 3.8) is 0 Å². The quantitative estimate of drug-likeness (QED) is 0.653. The summed E-state index contributed by atoms with van der Waals surface area (Å²) in [6.07, 6.45) is 3.96. The van der Waals surface area contributed by atoms with Gasteiger partial charge in [-0.05, 0) is 12.8 Å². The molecule has 0 radical (unpaired) electrons. The third kappa shape index (κ3) is 1.87. The minimum atomic E-state index is 0.405. The van der Waals surface area contributed by atoms with E-state index in [1.807, 2.05) is 7.05 Å². The van der Waals surface area contributed by atoms with E-state index < -0.39 is 0 Å². The molecule has 1 aromatic heterocycles. The van der Waals surface area contributed by atoms with Gasteiger partial charge < -0.3 is 11.1 Å². The van der Waals surface area contributed by atoms with Crippen LogP contribution >= 0.6 is 0 Å². The Kier molecular flexibility index (Phi) is 2.28. The fourth-order valence-corrected chi connectivity index (χ4v) is 1.55. The molecule has 5 nitrogen and oxygen atoms in total. The van der Waals surface area contributed by atoms with Crippen LogP contribution in [0.5, 0.6) is 0 Å². The van der Waals surface area contributed by atoms with E-state index in [-0.39, 0.29) is 0 Å². The summed E-state index contributed by atoms with van der Waals surface area (Å²) in [5.74, 6) is 0. The molecular formula is C8H15N5. The molecule has 1 aromatic rings. The van der Waals surface area contributed by atoms with Gasteiger partial charge in [-0.1, -0.05) is 5.21 Å². The van der Waals surface area contributed by atoms with Crippen LogP contribution in [0.15, 0.2) is 6.20 Å². The van der Waals surface area contributed by atoms with Crippen LogP contribution in [0.1, 0.15) is 18.5 Å². The molecule has 1 heterocycles. The molecule has 13 heavy (non-hydrogen) atoms. The smallest absolute Gasteiger partial charge is 0.0738 e. The van der Waals surface area contributed by atoms with Crippen LogP contribution in [-0.2, 0) is 13.6 Å². The van der Waals surface area contributed by atoms with Gasteiger partial charge in [0, 0.05) is 25.7 Å². The molecule has 0 spiro atoms. The first-order valence-electron chi connectivity index (χ1n) is 4.58. The highest BCUT2D eigenvalue weighted by Crippen LogP contribution is 2.17. The molecule has 0 amide bonds. The standard InChI is InChI=1S/C8H15N5/c1-13-8(5-11-12-13)4-10-7-2-6(9)3-7/h5-7,10H,2-4,9H2,1H3. The monoisotopic (exact) mass is 181 g/mol. The number of nitrogens with one attached hydrogen (secondary N) is 1. The van der Waals surface area contributed by atoms with Crippen molar-refractivity contribution in [1.29, 1.82) is 0 Å². The number of nitrogens with two attached hydrogens (primary N) is 1. The largest absolute Gasteiger partial charge is 0.328 e. The van der Waals surface area contributed by atoms with E-state index in [4.69, 9.17) is 5.73 Å². The van der Waals surface area contributed by atoms with Crippen molar-refractivity contribution >= 4 is 0 Å². The van der Waals surface area contributed by atoms with Crippen LogP contribution in [0.3, 0.4) is 0 Å². The number of aromatic nitrogens is 3. The summed E-state index contributed by atoms with van der Waals surface area (Å²) in [6.45, 7) is 0.834. The van der Waals surface area contributed by atoms with Crippen LogP contribution in [-0.4, -0.2) is 27.1 Å². The lowest BCUT2D eigenvalue weighted by Crippen LogP contribution is -2.48. The van der Waals surface area contributed by atoms with Gasteiger partial charge in [0.25, 0.3) is 0 Å². The molecule has 0 unspecified atom stereocenters. The van der Waals surface area contributed by atoms with E-state index >= 15 is 0 Å². The van der Waals surface area contributed by atoms with Gasteiger partial charge in [-0.25, -0.2) is 0 Å². The predicted molar refractivity (Wildman–Crippen MR) is 48.8 cm³/mol. The molecule has 1 aliphatic rings. The maximum atomic E-state index is 5.68. The van der Waals surface area contributed by atoms with Crippen molar-refractivity contribution in [3.8, 4) is 0 Å². The molecule has 0 bridgehead atoms. The fraction of sp³-hybridized carbons (Fsp3) is 0.750. The van der Waals surface area contributed by atoms with Crippen LogP contribution in [0.4, 0.5) is 0 Å². The SMILES string of the molecule is Cn1nncc1CNC1CC(N)C1. The fourth-order valence-electron chi connectivity index (χ4n) is 1.55. The molecule has 0 saturated heterocycles. The minimum Gasteiger partial charge on any atom is -0.328 e. The summed E-state index contributed by atoms with van der Waals surface area (Å²) in [6, 6.07) is 0.993. The van der Waals surface area contributed by atoms with Gasteiger partial charge in [0.2, 0.25) is 0 Å². The lowest BCUT2D eigenvalue weighted by Gasteiger charge is -2.33. The van der Waals surface area contributed by atoms with E-state index in [2.05, 4.69) is 15.6 Å². The Morgan fingerprint density at radius 1 is 1.69 bits per heavy atom. The number of hydrogen-bond acceptors (Lipinski definition) is 4. The van der Waals surface area contributed by atoms with Gasteiger partial charge in [0.15, 0.2) is 0 Å². The molecule has 3 N–H and O–H groups in total. The molecule has 1 aliphatic carbocycles. The Balaban J connectivity index is 1.77. The summed E-state index contributed by atoms with van der Waals surface area (Å²) in [5.41, 5.74) is 6.79. The van der Waals surface area contributed by atoms with Crippen LogP contribution in [0.25, 0.3) is 0 Å². The first-order valence-corrected chi connectivity index (χ1v) is 4.58. The number of hydrogen-bond donors (Lipinski definition) is 2. The number of nitrogens with zero attached hydrogens (tertiary/aromatic N) is 3. The summed E-state index contributed by atoms with van der Waals surface area (Å²) in [7, 11) is 1.90. The number of aryl methyl sites for hydroxylation is 1. The molecule has 2 rings (SSSR count). The minimum absolute atomic E-state index is 0.405. The highest BCUT2D eigenvalue weighted by atomic mass is 15.4. The maximum absolute atomic E-state index is 5.68. The van der Waals surface area contributed by atoms with Gasteiger partial charge in [0.1, 0.15) is 0 Å². The Bertz CT molecular complexity index is 276. The second-order valence-corrected chi connectivity index (χ2v) is 3.66. The summed E-state index contributed by atoms with van der Waals surface area (Å²) < 4.78 is 1.78. The van der Waals surface area contributed by atoms with E-state index in [0.717, 1.165) is 25.1 Å². The molecule has 1 saturated carbocycles. The van der Waals surface area contributed by atoms with Crippen molar-refractivity contribution in [2.75, 3.05) is 0 Å². The zero-order valence-corrected chi connectivity index (χ0v) is 7.77. The van der Waals surface area contributed by atoms with Gasteiger partial charge in [-0.15, -0.1) is 5.10 Å². The van der Waals surface area contributed by atoms with Gasteiger partial charge in [0.05, 0.1) is 11.9 Å². The second kappa shape index (κ2) is 3.43. The zero-order valence-electron chi connectivity index (χ0n) is 7.77. The summed E-state index contributed by atoms with van der Waals surface area (Å²) in [5, 5.41) is 11.1. The predicted octanol–water partition coefficient (Wildman–Crippen LogP) is -0.606. The van der Waals surface area contributed by atoms with Crippen LogP contribution in [0, 0.1) is 0 Å². The van der Waals surface area contributed by atoms with Gasteiger partial charge in [-0.2, -0.15) is 0 Å². The van der Waals surface area contributed by atoms with E-state index in [1.54, 1.807) is 10.9 Å². The Labute approximate surface area is 77.3 Å².